The van der Waals surface area contributed by atoms with Gasteiger partial charge in [0, 0.05) is 18.9 Å². The molecule has 5 rings (SSSR count). The summed E-state index contributed by atoms with van der Waals surface area (Å²) in [6, 6.07) is 14.4. The van der Waals surface area contributed by atoms with Crippen molar-refractivity contribution in [3.63, 3.8) is 0 Å². The molecule has 9 nitrogen and oxygen atoms in total. The second kappa shape index (κ2) is 8.56. The highest BCUT2D eigenvalue weighted by molar-refractivity contribution is 7.91. The molecule has 2 aliphatic rings. The van der Waals surface area contributed by atoms with Gasteiger partial charge in [0.2, 0.25) is 5.91 Å². The number of anilines is 1. The molecule has 1 atom stereocenters. The fraction of sp³-hybridized carbons (Fsp3) is 0.273. The van der Waals surface area contributed by atoms with Crippen LogP contribution in [0.25, 0.3) is 10.2 Å². The van der Waals surface area contributed by atoms with Crippen LogP contribution in [0.1, 0.15) is 19.3 Å². The van der Waals surface area contributed by atoms with E-state index in [1.807, 2.05) is 48.5 Å². The second-order valence-corrected chi connectivity index (χ2v) is 11.1. The van der Waals surface area contributed by atoms with Gasteiger partial charge in [-0.05, 0) is 30.7 Å². The fourth-order valence-electron chi connectivity index (χ4n) is 3.80. The SMILES string of the molecule is O=C(Nc1nc2ccc(Oc3ccccc3)cc2s1)C1=NN(C2CCS(=O)(=O)C2)C(=O)CC1. The lowest BCUT2D eigenvalue weighted by Crippen LogP contribution is -2.42. The molecule has 1 unspecified atom stereocenters. The molecule has 11 heteroatoms. The number of sulfone groups is 1. The van der Waals surface area contributed by atoms with Gasteiger partial charge in [-0.3, -0.25) is 14.9 Å². The van der Waals surface area contributed by atoms with Crippen molar-refractivity contribution >= 4 is 54.0 Å². The Morgan fingerprint density at radius 2 is 1.94 bits per heavy atom. The maximum absolute atomic E-state index is 12.8. The van der Waals surface area contributed by atoms with Crippen molar-refractivity contribution in [2.75, 3.05) is 16.8 Å². The van der Waals surface area contributed by atoms with E-state index in [-0.39, 0.29) is 36.0 Å². The molecule has 1 N–H and O–H groups in total. The van der Waals surface area contributed by atoms with Crippen LogP contribution in [0.2, 0.25) is 0 Å². The lowest BCUT2D eigenvalue weighted by Gasteiger charge is -2.27. The average molecular weight is 485 g/mol. The third kappa shape index (κ3) is 4.74. The smallest absolute Gasteiger partial charge is 0.273 e. The van der Waals surface area contributed by atoms with E-state index in [9.17, 15) is 18.0 Å². The van der Waals surface area contributed by atoms with Crippen molar-refractivity contribution in [2.45, 2.75) is 25.3 Å². The third-order valence-electron chi connectivity index (χ3n) is 5.44. The van der Waals surface area contributed by atoms with Crippen molar-refractivity contribution in [2.24, 2.45) is 5.10 Å². The number of hydrogen-bond acceptors (Lipinski definition) is 8. The van der Waals surface area contributed by atoms with Crippen LogP contribution in [0, 0.1) is 0 Å². The molecule has 3 aromatic rings. The molecule has 1 aromatic heterocycles. The molecule has 0 saturated carbocycles. The number of benzene rings is 2. The van der Waals surface area contributed by atoms with E-state index < -0.39 is 21.8 Å². The molecule has 3 heterocycles. The van der Waals surface area contributed by atoms with Crippen molar-refractivity contribution in [3.8, 4) is 11.5 Å². The Morgan fingerprint density at radius 3 is 2.70 bits per heavy atom. The van der Waals surface area contributed by atoms with Gasteiger partial charge < -0.3 is 4.74 Å². The van der Waals surface area contributed by atoms with Crippen LogP contribution in [-0.4, -0.2) is 53.5 Å². The molecular weight excluding hydrogens is 464 g/mol. The number of aromatic nitrogens is 1. The highest BCUT2D eigenvalue weighted by Gasteiger charge is 2.37. The fourth-order valence-corrected chi connectivity index (χ4v) is 6.39. The van der Waals surface area contributed by atoms with Crippen molar-refractivity contribution in [1.29, 1.82) is 0 Å². The van der Waals surface area contributed by atoms with E-state index in [1.165, 1.54) is 16.3 Å². The van der Waals surface area contributed by atoms with Crippen LogP contribution in [0.5, 0.6) is 11.5 Å². The summed E-state index contributed by atoms with van der Waals surface area (Å²) in [7, 11) is -3.18. The Hall–Kier alpha value is -3.31. The van der Waals surface area contributed by atoms with Gasteiger partial charge in [-0.25, -0.2) is 18.4 Å². The first-order chi connectivity index (χ1) is 15.9. The Labute approximate surface area is 194 Å². The summed E-state index contributed by atoms with van der Waals surface area (Å²) in [6.45, 7) is 0. The molecule has 1 fully saturated rings. The molecule has 1 saturated heterocycles. The monoisotopic (exact) mass is 484 g/mol. The Balaban J connectivity index is 1.31. The second-order valence-electron chi connectivity index (χ2n) is 7.86. The van der Waals surface area contributed by atoms with Crippen molar-refractivity contribution in [3.05, 3.63) is 48.5 Å². The first-order valence-corrected chi connectivity index (χ1v) is 13.0. The Kier molecular flexibility index (Phi) is 5.59. The number of thiazole rings is 1. The van der Waals surface area contributed by atoms with Gasteiger partial charge in [0.15, 0.2) is 15.0 Å². The predicted octanol–water partition coefficient (Wildman–Crippen LogP) is 3.19. The molecule has 2 amide bonds. The Bertz CT molecular complexity index is 1370. The summed E-state index contributed by atoms with van der Waals surface area (Å²) >= 11 is 1.30. The molecule has 0 bridgehead atoms. The number of ether oxygens (including phenoxy) is 1. The van der Waals surface area contributed by atoms with Crippen LogP contribution in [0.15, 0.2) is 53.6 Å². The number of fused-ring (bicyclic) bond motifs is 1. The van der Waals surface area contributed by atoms with Gasteiger partial charge in [0.1, 0.15) is 17.2 Å². The maximum atomic E-state index is 12.8. The first-order valence-electron chi connectivity index (χ1n) is 10.4. The zero-order chi connectivity index (χ0) is 23.0. The van der Waals surface area contributed by atoms with Crippen molar-refractivity contribution < 1.29 is 22.7 Å². The molecule has 0 aliphatic carbocycles. The minimum Gasteiger partial charge on any atom is -0.457 e. The summed E-state index contributed by atoms with van der Waals surface area (Å²) in [4.78, 5) is 29.5. The lowest BCUT2D eigenvalue weighted by molar-refractivity contribution is -0.133. The summed E-state index contributed by atoms with van der Waals surface area (Å²) in [6.07, 6.45) is 0.640. The highest BCUT2D eigenvalue weighted by atomic mass is 32.2. The van der Waals surface area contributed by atoms with Gasteiger partial charge in [0.05, 0.1) is 27.8 Å². The normalized spacial score (nSPS) is 20.0. The van der Waals surface area contributed by atoms with E-state index in [0.717, 1.165) is 10.4 Å². The number of amides is 2. The summed E-state index contributed by atoms with van der Waals surface area (Å²) < 4.78 is 30.2. The number of carbonyl (C=O) groups is 2. The molecular formula is C22H20N4O5S2. The topological polar surface area (TPSA) is 118 Å². The van der Waals surface area contributed by atoms with E-state index >= 15 is 0 Å². The van der Waals surface area contributed by atoms with Crippen LogP contribution < -0.4 is 10.1 Å². The van der Waals surface area contributed by atoms with Gasteiger partial charge in [0.25, 0.3) is 5.91 Å². The number of nitrogens with one attached hydrogen (secondary N) is 1. The predicted molar refractivity (Wildman–Crippen MR) is 125 cm³/mol. The summed E-state index contributed by atoms with van der Waals surface area (Å²) in [5.41, 5.74) is 0.903. The number of nitrogens with zero attached hydrogens (tertiary/aromatic N) is 3. The summed E-state index contributed by atoms with van der Waals surface area (Å²) in [5, 5.41) is 8.53. The summed E-state index contributed by atoms with van der Waals surface area (Å²) in [5.74, 6) is 0.572. The quantitative estimate of drug-likeness (QED) is 0.594. The van der Waals surface area contributed by atoms with Gasteiger partial charge in [-0.2, -0.15) is 5.10 Å². The Morgan fingerprint density at radius 1 is 1.12 bits per heavy atom. The highest BCUT2D eigenvalue weighted by Crippen LogP contribution is 2.31. The molecule has 0 spiro atoms. The maximum Gasteiger partial charge on any atom is 0.273 e. The van der Waals surface area contributed by atoms with E-state index in [0.29, 0.717) is 22.8 Å². The molecule has 2 aliphatic heterocycles. The van der Waals surface area contributed by atoms with E-state index in [4.69, 9.17) is 4.74 Å². The minimum absolute atomic E-state index is 0.0280. The van der Waals surface area contributed by atoms with Crippen LogP contribution in [0.3, 0.4) is 0 Å². The number of para-hydroxylation sites is 1. The van der Waals surface area contributed by atoms with Crippen molar-refractivity contribution in [1.82, 2.24) is 9.99 Å². The van der Waals surface area contributed by atoms with E-state index in [1.54, 1.807) is 0 Å². The van der Waals surface area contributed by atoms with Gasteiger partial charge in [-0.1, -0.05) is 29.5 Å². The molecule has 170 valence electrons. The number of rotatable bonds is 5. The van der Waals surface area contributed by atoms with Gasteiger partial charge >= 0.3 is 0 Å². The molecule has 2 aromatic carbocycles. The largest absolute Gasteiger partial charge is 0.457 e. The van der Waals surface area contributed by atoms with Crippen LogP contribution >= 0.6 is 11.3 Å². The number of hydrogen-bond donors (Lipinski definition) is 1. The van der Waals surface area contributed by atoms with Crippen LogP contribution in [-0.2, 0) is 19.4 Å². The zero-order valence-electron chi connectivity index (χ0n) is 17.4. The first kappa shape index (κ1) is 21.5. The average Bonchev–Trinajstić information content (AvgIpc) is 3.36. The number of carbonyl (C=O) groups excluding carboxylic acids is 2. The zero-order valence-corrected chi connectivity index (χ0v) is 19.1. The van der Waals surface area contributed by atoms with Crippen LogP contribution in [0.4, 0.5) is 5.13 Å². The molecule has 33 heavy (non-hydrogen) atoms. The van der Waals surface area contributed by atoms with Gasteiger partial charge in [-0.15, -0.1) is 0 Å². The lowest BCUT2D eigenvalue weighted by atomic mass is 10.1. The van der Waals surface area contributed by atoms with E-state index in [2.05, 4.69) is 15.4 Å². The number of hydrazone groups is 1. The minimum atomic E-state index is -3.18. The molecule has 0 radical (unpaired) electrons. The standard InChI is InChI=1S/C22H20N4O5S2/c27-20-9-8-18(25-26(20)14-10-11-33(29,30)13-14)21(28)24-22-23-17-7-6-16(12-19(17)32-22)31-15-4-2-1-3-5-15/h1-7,12,14H,8-11,13H2,(H,23,24,28). The third-order valence-corrected chi connectivity index (χ3v) is 8.12.